The molecule has 0 saturated heterocycles. The SMILES string of the molecule is C=CC1CCC(C2CCC(c3ccc4cc(CCCCC)c(F)c(F)c4c3)CC2)CC1. The Morgan fingerprint density at radius 3 is 2.19 bits per heavy atom. The molecule has 2 aromatic carbocycles. The molecule has 2 aliphatic rings. The Bertz CT molecular complexity index is 883. The molecule has 2 heteroatoms. The van der Waals surface area contributed by atoms with E-state index in [0.717, 1.165) is 42.4 Å². The monoisotopic (exact) mass is 424 g/mol. The summed E-state index contributed by atoms with van der Waals surface area (Å²) in [4.78, 5) is 0. The lowest BCUT2D eigenvalue weighted by Crippen LogP contribution is -2.25. The average molecular weight is 425 g/mol. The van der Waals surface area contributed by atoms with E-state index in [4.69, 9.17) is 0 Å². The molecule has 0 heterocycles. The molecule has 2 aromatic rings. The molecule has 0 nitrogen and oxygen atoms in total. The number of halogens is 2. The van der Waals surface area contributed by atoms with Crippen LogP contribution in [0.25, 0.3) is 10.8 Å². The third-order valence-electron chi connectivity index (χ3n) is 8.23. The Labute approximate surface area is 187 Å². The zero-order valence-corrected chi connectivity index (χ0v) is 19.1. The fourth-order valence-electron chi connectivity index (χ4n) is 6.18. The molecule has 0 atom stereocenters. The Hall–Kier alpha value is -1.70. The van der Waals surface area contributed by atoms with Crippen molar-refractivity contribution in [3.05, 3.63) is 59.7 Å². The van der Waals surface area contributed by atoms with Gasteiger partial charge in [0, 0.05) is 5.39 Å². The predicted octanol–water partition coefficient (Wildman–Crippen LogP) is 9.12. The van der Waals surface area contributed by atoms with Crippen LogP contribution in [0.3, 0.4) is 0 Å². The summed E-state index contributed by atoms with van der Waals surface area (Å²) in [5.74, 6) is 1.65. The van der Waals surface area contributed by atoms with Crippen LogP contribution < -0.4 is 0 Å². The largest absolute Gasteiger partial charge is 0.203 e. The number of aryl methyl sites for hydroxylation is 1. The van der Waals surface area contributed by atoms with Crippen LogP contribution in [0, 0.1) is 29.4 Å². The van der Waals surface area contributed by atoms with Crippen LogP contribution in [0.4, 0.5) is 8.78 Å². The zero-order valence-electron chi connectivity index (χ0n) is 19.1. The first-order valence-electron chi connectivity index (χ1n) is 12.6. The number of fused-ring (bicyclic) bond motifs is 1. The van der Waals surface area contributed by atoms with Gasteiger partial charge in [-0.1, -0.05) is 38.0 Å². The molecule has 0 bridgehead atoms. The second-order valence-corrected chi connectivity index (χ2v) is 10.1. The van der Waals surface area contributed by atoms with Crippen molar-refractivity contribution < 1.29 is 8.78 Å². The van der Waals surface area contributed by atoms with Crippen LogP contribution >= 0.6 is 0 Å². The summed E-state index contributed by atoms with van der Waals surface area (Å²) >= 11 is 0. The average Bonchev–Trinajstić information content (AvgIpc) is 2.82. The molecule has 2 fully saturated rings. The Balaban J connectivity index is 1.43. The molecule has 31 heavy (non-hydrogen) atoms. The molecular weight excluding hydrogens is 386 g/mol. The quantitative estimate of drug-likeness (QED) is 0.307. The first kappa shape index (κ1) is 22.5. The third kappa shape index (κ3) is 5.04. The van der Waals surface area contributed by atoms with E-state index in [9.17, 15) is 8.78 Å². The van der Waals surface area contributed by atoms with Crippen molar-refractivity contribution in [3.8, 4) is 0 Å². The van der Waals surface area contributed by atoms with Crippen LogP contribution in [-0.4, -0.2) is 0 Å². The highest BCUT2D eigenvalue weighted by Crippen LogP contribution is 2.44. The maximum atomic E-state index is 14.9. The van der Waals surface area contributed by atoms with Crippen LogP contribution in [-0.2, 0) is 6.42 Å². The second kappa shape index (κ2) is 10.3. The number of hydrogen-bond donors (Lipinski definition) is 0. The van der Waals surface area contributed by atoms with Crippen LogP contribution in [0.5, 0.6) is 0 Å². The van der Waals surface area contributed by atoms with Gasteiger partial charge < -0.3 is 0 Å². The van der Waals surface area contributed by atoms with Gasteiger partial charge in [0.05, 0.1) is 0 Å². The summed E-state index contributed by atoms with van der Waals surface area (Å²) in [6.07, 6.45) is 16.0. The summed E-state index contributed by atoms with van der Waals surface area (Å²) in [7, 11) is 0. The van der Waals surface area contributed by atoms with E-state index in [-0.39, 0.29) is 0 Å². The van der Waals surface area contributed by atoms with E-state index < -0.39 is 11.6 Å². The van der Waals surface area contributed by atoms with Crippen molar-refractivity contribution in [1.82, 2.24) is 0 Å². The highest BCUT2D eigenvalue weighted by atomic mass is 19.2. The number of rotatable bonds is 7. The smallest absolute Gasteiger partial charge is 0.166 e. The van der Waals surface area contributed by atoms with E-state index in [2.05, 4.69) is 25.6 Å². The van der Waals surface area contributed by atoms with Crippen molar-refractivity contribution in [2.45, 2.75) is 89.9 Å². The van der Waals surface area contributed by atoms with Gasteiger partial charge in [-0.2, -0.15) is 0 Å². The summed E-state index contributed by atoms with van der Waals surface area (Å²) in [5.41, 5.74) is 1.72. The van der Waals surface area contributed by atoms with Crippen molar-refractivity contribution in [1.29, 1.82) is 0 Å². The first-order valence-corrected chi connectivity index (χ1v) is 12.6. The zero-order chi connectivity index (χ0) is 21.8. The third-order valence-corrected chi connectivity index (χ3v) is 8.23. The van der Waals surface area contributed by atoms with Crippen LogP contribution in [0.15, 0.2) is 36.9 Å². The minimum Gasteiger partial charge on any atom is -0.203 e. The van der Waals surface area contributed by atoms with E-state index in [1.165, 1.54) is 56.9 Å². The molecule has 168 valence electrons. The van der Waals surface area contributed by atoms with Gasteiger partial charge >= 0.3 is 0 Å². The van der Waals surface area contributed by atoms with E-state index in [1.54, 1.807) is 0 Å². The maximum Gasteiger partial charge on any atom is 0.166 e. The summed E-state index contributed by atoms with van der Waals surface area (Å²) in [6, 6.07) is 7.97. The molecule has 2 aliphatic carbocycles. The molecule has 2 saturated carbocycles. The summed E-state index contributed by atoms with van der Waals surface area (Å²) in [6.45, 7) is 6.09. The molecule has 0 N–H and O–H groups in total. The molecule has 0 spiro atoms. The summed E-state index contributed by atoms with van der Waals surface area (Å²) in [5, 5.41) is 1.29. The van der Waals surface area contributed by atoms with Crippen molar-refractivity contribution in [3.63, 3.8) is 0 Å². The Morgan fingerprint density at radius 2 is 1.55 bits per heavy atom. The van der Waals surface area contributed by atoms with Gasteiger partial charge in [0.2, 0.25) is 0 Å². The second-order valence-electron chi connectivity index (χ2n) is 10.1. The lowest BCUT2D eigenvalue weighted by Gasteiger charge is -2.37. The van der Waals surface area contributed by atoms with Gasteiger partial charge in [-0.3, -0.25) is 0 Å². The van der Waals surface area contributed by atoms with Gasteiger partial charge in [-0.25, -0.2) is 8.78 Å². The fraction of sp³-hybridized carbons (Fsp3) is 0.586. The number of benzene rings is 2. The highest BCUT2D eigenvalue weighted by Gasteiger charge is 2.31. The van der Waals surface area contributed by atoms with Crippen LogP contribution in [0.1, 0.15) is 94.6 Å². The van der Waals surface area contributed by atoms with Crippen molar-refractivity contribution in [2.75, 3.05) is 0 Å². The molecule has 0 aromatic heterocycles. The lowest BCUT2D eigenvalue weighted by atomic mass is 9.68. The Morgan fingerprint density at radius 1 is 0.871 bits per heavy atom. The van der Waals surface area contributed by atoms with Crippen LogP contribution in [0.2, 0.25) is 0 Å². The molecule has 4 rings (SSSR count). The maximum absolute atomic E-state index is 14.9. The van der Waals surface area contributed by atoms with Gasteiger partial charge in [0.25, 0.3) is 0 Å². The number of allylic oxidation sites excluding steroid dienone is 1. The van der Waals surface area contributed by atoms with E-state index in [1.807, 2.05) is 18.2 Å². The summed E-state index contributed by atoms with van der Waals surface area (Å²) < 4.78 is 29.6. The van der Waals surface area contributed by atoms with Gasteiger partial charge in [0.1, 0.15) is 0 Å². The minimum atomic E-state index is -0.654. The van der Waals surface area contributed by atoms with Gasteiger partial charge in [0.15, 0.2) is 11.6 Å². The van der Waals surface area contributed by atoms with Crippen molar-refractivity contribution in [2.24, 2.45) is 17.8 Å². The predicted molar refractivity (Wildman–Crippen MR) is 127 cm³/mol. The number of hydrogen-bond acceptors (Lipinski definition) is 0. The topological polar surface area (TPSA) is 0 Å². The molecule has 0 aliphatic heterocycles. The molecule has 0 radical (unpaired) electrons. The van der Waals surface area contributed by atoms with Crippen molar-refractivity contribution >= 4 is 10.8 Å². The van der Waals surface area contributed by atoms with Gasteiger partial charge in [-0.05, 0) is 117 Å². The molecular formula is C29H38F2. The molecule has 0 amide bonds. The Kier molecular flexibility index (Phi) is 7.46. The lowest BCUT2D eigenvalue weighted by molar-refractivity contribution is 0.171. The molecule has 0 unspecified atom stereocenters. The van der Waals surface area contributed by atoms with E-state index in [0.29, 0.717) is 23.3 Å². The minimum absolute atomic E-state index is 0.458. The number of unbranched alkanes of at least 4 members (excludes halogenated alkanes) is 2. The normalized spacial score (nSPS) is 26.8. The standard InChI is InChI=1S/C29H38F2/c1-3-5-6-7-26-18-25-17-16-24(19-27(25)29(31)28(26)30)23-14-12-22(13-15-23)21-10-8-20(4-2)9-11-21/h4,16-23H,2-3,5-15H2,1H3. The first-order chi connectivity index (χ1) is 15.1. The van der Waals surface area contributed by atoms with E-state index >= 15 is 0 Å². The highest BCUT2D eigenvalue weighted by molar-refractivity contribution is 5.85. The van der Waals surface area contributed by atoms with Gasteiger partial charge in [-0.15, -0.1) is 6.58 Å². The fourth-order valence-corrected chi connectivity index (χ4v) is 6.18.